The molecule has 5 heteroatoms. The van der Waals surface area contributed by atoms with Gasteiger partial charge in [0.05, 0.1) is 30.1 Å². The van der Waals surface area contributed by atoms with E-state index in [4.69, 9.17) is 19.2 Å². The van der Waals surface area contributed by atoms with Gasteiger partial charge in [0.2, 0.25) is 0 Å². The van der Waals surface area contributed by atoms with Crippen molar-refractivity contribution in [1.82, 2.24) is 0 Å². The van der Waals surface area contributed by atoms with E-state index in [1.165, 1.54) is 22.3 Å². The quantitative estimate of drug-likeness (QED) is 0.308. The molecule has 3 aromatic carbocycles. The Kier molecular flexibility index (Phi) is 5.35. The van der Waals surface area contributed by atoms with Crippen molar-refractivity contribution in [1.29, 1.82) is 0 Å². The second kappa shape index (κ2) is 8.32. The number of benzene rings is 3. The molecule has 5 rings (SSSR count). The molecule has 0 bridgehead atoms. The number of allylic oxidation sites excluding steroid dienone is 2. The molecular weight excluding hydrogens is 466 g/mol. The van der Waals surface area contributed by atoms with Gasteiger partial charge in [-0.05, 0) is 74.9 Å². The minimum atomic E-state index is 0.549. The fourth-order valence-corrected chi connectivity index (χ4v) is 4.93. The maximum absolute atomic E-state index is 6.06. The maximum atomic E-state index is 6.06. The standard InChI is InChI=1S/C27H22BrNO3/c1-16-23(11-13-24(32-16)22-10-12-25(30-2)27(31-3)26(22)28)29-19-8-9-21-18(15-19)14-17-6-4-5-7-20(17)21/h4-10,12-13,15H,1,11,14H2,2-3H3. The molecule has 4 nitrogen and oxygen atoms in total. The van der Waals surface area contributed by atoms with Crippen molar-refractivity contribution < 1.29 is 14.2 Å². The van der Waals surface area contributed by atoms with E-state index < -0.39 is 0 Å². The van der Waals surface area contributed by atoms with E-state index in [0.29, 0.717) is 29.4 Å². The van der Waals surface area contributed by atoms with Crippen LogP contribution in [0.1, 0.15) is 23.1 Å². The lowest BCUT2D eigenvalue weighted by Crippen LogP contribution is -2.10. The normalized spacial score (nSPS) is 15.7. The Balaban J connectivity index is 1.42. The summed E-state index contributed by atoms with van der Waals surface area (Å²) in [6.07, 6.45) is 3.59. The van der Waals surface area contributed by atoms with Crippen LogP contribution in [0.2, 0.25) is 0 Å². The summed E-state index contributed by atoms with van der Waals surface area (Å²) in [5, 5.41) is 0. The molecule has 0 spiro atoms. The zero-order chi connectivity index (χ0) is 22.2. The van der Waals surface area contributed by atoms with Gasteiger partial charge in [-0.3, -0.25) is 0 Å². The molecule has 0 fully saturated rings. The lowest BCUT2D eigenvalue weighted by Gasteiger charge is -2.21. The van der Waals surface area contributed by atoms with Crippen LogP contribution in [0.4, 0.5) is 5.69 Å². The SMILES string of the molecule is C=C1OC(c2ccc(OC)c(OC)c2Br)=CCC1=Nc1ccc2c(c1)Cc1ccccc1-2. The molecule has 0 amide bonds. The Morgan fingerprint density at radius 1 is 0.938 bits per heavy atom. The number of aliphatic imine (C=N–C) groups is 1. The first kappa shape index (κ1) is 20.6. The zero-order valence-electron chi connectivity index (χ0n) is 17.9. The minimum absolute atomic E-state index is 0.549. The molecule has 1 heterocycles. The minimum Gasteiger partial charge on any atom is -0.493 e. The maximum Gasteiger partial charge on any atom is 0.175 e. The summed E-state index contributed by atoms with van der Waals surface area (Å²) in [6, 6.07) is 18.7. The Morgan fingerprint density at radius 3 is 2.50 bits per heavy atom. The van der Waals surface area contributed by atoms with Gasteiger partial charge >= 0.3 is 0 Å². The van der Waals surface area contributed by atoms with E-state index in [1.54, 1.807) is 14.2 Å². The van der Waals surface area contributed by atoms with Crippen LogP contribution in [-0.2, 0) is 11.2 Å². The molecule has 32 heavy (non-hydrogen) atoms. The highest BCUT2D eigenvalue weighted by Gasteiger charge is 2.22. The monoisotopic (exact) mass is 487 g/mol. The highest BCUT2D eigenvalue weighted by Crippen LogP contribution is 2.42. The van der Waals surface area contributed by atoms with Gasteiger partial charge in [0.25, 0.3) is 0 Å². The summed E-state index contributed by atoms with van der Waals surface area (Å²) in [6.45, 7) is 4.11. The number of nitrogens with zero attached hydrogens (tertiary/aromatic N) is 1. The van der Waals surface area contributed by atoms with Gasteiger partial charge in [0.15, 0.2) is 11.5 Å². The van der Waals surface area contributed by atoms with E-state index in [2.05, 4.69) is 65.0 Å². The van der Waals surface area contributed by atoms with Crippen LogP contribution in [0.5, 0.6) is 11.5 Å². The lowest BCUT2D eigenvalue weighted by atomic mass is 10.1. The highest BCUT2D eigenvalue weighted by atomic mass is 79.9. The number of hydrogen-bond donors (Lipinski definition) is 0. The van der Waals surface area contributed by atoms with Crippen LogP contribution >= 0.6 is 15.9 Å². The first-order chi connectivity index (χ1) is 15.6. The zero-order valence-corrected chi connectivity index (χ0v) is 19.5. The summed E-state index contributed by atoms with van der Waals surface area (Å²) in [5.41, 5.74) is 7.90. The average Bonchev–Trinajstić information content (AvgIpc) is 3.18. The van der Waals surface area contributed by atoms with E-state index in [1.807, 2.05) is 18.2 Å². The fourth-order valence-electron chi connectivity index (χ4n) is 4.25. The topological polar surface area (TPSA) is 40.0 Å². The molecule has 160 valence electrons. The van der Waals surface area contributed by atoms with Gasteiger partial charge in [-0.1, -0.05) is 36.9 Å². The summed E-state index contributed by atoms with van der Waals surface area (Å²) >= 11 is 3.61. The van der Waals surface area contributed by atoms with Crippen LogP contribution in [0.3, 0.4) is 0 Å². The molecule has 0 radical (unpaired) electrons. The fraction of sp³-hybridized carbons (Fsp3) is 0.148. The number of ether oxygens (including phenoxy) is 3. The number of halogens is 1. The smallest absolute Gasteiger partial charge is 0.175 e. The van der Waals surface area contributed by atoms with Crippen LogP contribution in [-0.4, -0.2) is 19.9 Å². The van der Waals surface area contributed by atoms with Crippen molar-refractivity contribution >= 4 is 33.1 Å². The van der Waals surface area contributed by atoms with Gasteiger partial charge in [-0.2, -0.15) is 0 Å². The van der Waals surface area contributed by atoms with Gasteiger partial charge in [-0.15, -0.1) is 0 Å². The summed E-state index contributed by atoms with van der Waals surface area (Å²) in [7, 11) is 3.23. The molecule has 0 N–H and O–H groups in total. The van der Waals surface area contributed by atoms with Gasteiger partial charge in [0, 0.05) is 12.0 Å². The van der Waals surface area contributed by atoms with Gasteiger partial charge < -0.3 is 14.2 Å². The number of fused-ring (bicyclic) bond motifs is 3. The molecule has 2 aliphatic rings. The molecule has 0 unspecified atom stereocenters. The van der Waals surface area contributed by atoms with E-state index >= 15 is 0 Å². The molecule has 0 saturated carbocycles. The molecular formula is C27H22BrNO3. The first-order valence-corrected chi connectivity index (χ1v) is 11.1. The van der Waals surface area contributed by atoms with Crippen molar-refractivity contribution in [2.24, 2.45) is 4.99 Å². The van der Waals surface area contributed by atoms with Crippen molar-refractivity contribution in [3.63, 3.8) is 0 Å². The highest BCUT2D eigenvalue weighted by molar-refractivity contribution is 9.10. The lowest BCUT2D eigenvalue weighted by molar-refractivity contribution is 0.352. The summed E-state index contributed by atoms with van der Waals surface area (Å²) < 4.78 is 17.7. The largest absolute Gasteiger partial charge is 0.493 e. The van der Waals surface area contributed by atoms with Crippen molar-refractivity contribution in [3.8, 4) is 22.6 Å². The predicted molar refractivity (Wildman–Crippen MR) is 132 cm³/mol. The number of rotatable bonds is 4. The van der Waals surface area contributed by atoms with Gasteiger partial charge in [0.1, 0.15) is 11.5 Å². The molecule has 1 aliphatic carbocycles. The predicted octanol–water partition coefficient (Wildman–Crippen LogP) is 7.09. The second-order valence-corrected chi connectivity index (χ2v) is 8.49. The Hall–Kier alpha value is -3.31. The molecule has 0 aromatic heterocycles. The van der Waals surface area contributed by atoms with Crippen LogP contribution in [0, 0.1) is 0 Å². The summed E-state index contributed by atoms with van der Waals surface area (Å²) in [5.74, 6) is 2.54. The second-order valence-electron chi connectivity index (χ2n) is 7.69. The first-order valence-electron chi connectivity index (χ1n) is 10.4. The van der Waals surface area contributed by atoms with Crippen LogP contribution < -0.4 is 9.47 Å². The van der Waals surface area contributed by atoms with E-state index in [0.717, 1.165) is 27.9 Å². The third-order valence-corrected chi connectivity index (χ3v) is 6.61. The Labute approximate surface area is 196 Å². The van der Waals surface area contributed by atoms with Crippen molar-refractivity contribution in [3.05, 3.63) is 94.2 Å². The average molecular weight is 488 g/mol. The van der Waals surface area contributed by atoms with Gasteiger partial charge in [-0.25, -0.2) is 4.99 Å². The van der Waals surface area contributed by atoms with Crippen LogP contribution in [0.15, 0.2) is 82.5 Å². The molecule has 3 aromatic rings. The Morgan fingerprint density at radius 2 is 1.72 bits per heavy atom. The van der Waals surface area contributed by atoms with Crippen LogP contribution in [0.25, 0.3) is 16.9 Å². The van der Waals surface area contributed by atoms with Crippen molar-refractivity contribution in [2.45, 2.75) is 12.8 Å². The number of hydrogen-bond acceptors (Lipinski definition) is 4. The molecule has 1 aliphatic heterocycles. The molecule has 0 saturated heterocycles. The van der Waals surface area contributed by atoms with E-state index in [-0.39, 0.29) is 0 Å². The van der Waals surface area contributed by atoms with E-state index in [9.17, 15) is 0 Å². The van der Waals surface area contributed by atoms with Crippen molar-refractivity contribution in [2.75, 3.05) is 14.2 Å². The summed E-state index contributed by atoms with van der Waals surface area (Å²) in [4.78, 5) is 4.84. The third kappa shape index (κ3) is 3.53. The number of methoxy groups -OCH3 is 2. The Bertz CT molecular complexity index is 1310. The third-order valence-electron chi connectivity index (χ3n) is 5.83. The molecule has 0 atom stereocenters.